The number of rotatable bonds is 5. The van der Waals surface area contributed by atoms with Crippen molar-refractivity contribution in [2.75, 3.05) is 19.0 Å². The summed E-state index contributed by atoms with van der Waals surface area (Å²) in [6, 6.07) is 12.8. The van der Waals surface area contributed by atoms with Gasteiger partial charge in [0.15, 0.2) is 0 Å². The van der Waals surface area contributed by atoms with Gasteiger partial charge in [0.1, 0.15) is 5.82 Å². The zero-order valence-electron chi connectivity index (χ0n) is 12.5. The highest BCUT2D eigenvalue weighted by molar-refractivity contribution is 6.30. The Morgan fingerprint density at radius 1 is 1.24 bits per heavy atom. The summed E-state index contributed by atoms with van der Waals surface area (Å²) in [5.74, 6) is -0.216. The SMILES string of the molecule is CNC(C)c1cc(F)ccc1N(C)Cc1cccc(Cl)c1. The van der Waals surface area contributed by atoms with Crippen LogP contribution in [0.15, 0.2) is 42.5 Å². The van der Waals surface area contributed by atoms with Gasteiger partial charge in [0.2, 0.25) is 0 Å². The fourth-order valence-electron chi connectivity index (χ4n) is 2.37. The van der Waals surface area contributed by atoms with Crippen LogP contribution in [0, 0.1) is 5.82 Å². The molecule has 0 aliphatic carbocycles. The Labute approximate surface area is 130 Å². The summed E-state index contributed by atoms with van der Waals surface area (Å²) in [5, 5.41) is 3.89. The van der Waals surface area contributed by atoms with Crippen molar-refractivity contribution in [2.45, 2.75) is 19.5 Å². The van der Waals surface area contributed by atoms with E-state index in [-0.39, 0.29) is 11.9 Å². The van der Waals surface area contributed by atoms with Gasteiger partial charge < -0.3 is 10.2 Å². The van der Waals surface area contributed by atoms with Crippen LogP contribution < -0.4 is 10.2 Å². The fraction of sp³-hybridized carbons (Fsp3) is 0.294. The molecule has 2 aromatic carbocycles. The molecule has 0 bridgehead atoms. The maximum absolute atomic E-state index is 13.5. The van der Waals surface area contributed by atoms with Gasteiger partial charge in [-0.05, 0) is 55.4 Å². The third-order valence-electron chi connectivity index (χ3n) is 3.61. The number of benzene rings is 2. The minimum atomic E-state index is -0.216. The lowest BCUT2D eigenvalue weighted by Crippen LogP contribution is -2.21. The largest absolute Gasteiger partial charge is 0.370 e. The van der Waals surface area contributed by atoms with E-state index in [0.717, 1.165) is 28.4 Å². The number of hydrogen-bond donors (Lipinski definition) is 1. The highest BCUT2D eigenvalue weighted by atomic mass is 35.5. The van der Waals surface area contributed by atoms with Crippen LogP contribution in [-0.2, 0) is 6.54 Å². The summed E-state index contributed by atoms with van der Waals surface area (Å²) >= 11 is 6.02. The fourth-order valence-corrected chi connectivity index (χ4v) is 2.58. The second-order valence-corrected chi connectivity index (χ2v) is 5.64. The van der Waals surface area contributed by atoms with Crippen LogP contribution in [0.25, 0.3) is 0 Å². The van der Waals surface area contributed by atoms with E-state index in [2.05, 4.69) is 10.2 Å². The van der Waals surface area contributed by atoms with E-state index in [1.54, 1.807) is 6.07 Å². The van der Waals surface area contributed by atoms with Gasteiger partial charge in [0, 0.05) is 30.3 Å². The van der Waals surface area contributed by atoms with Crippen LogP contribution in [-0.4, -0.2) is 14.1 Å². The Kier molecular flexibility index (Phi) is 5.21. The molecule has 1 N–H and O–H groups in total. The summed E-state index contributed by atoms with van der Waals surface area (Å²) in [4.78, 5) is 2.11. The number of halogens is 2. The molecule has 21 heavy (non-hydrogen) atoms. The van der Waals surface area contributed by atoms with Gasteiger partial charge >= 0.3 is 0 Å². The molecule has 0 spiro atoms. The van der Waals surface area contributed by atoms with Crippen LogP contribution in [0.5, 0.6) is 0 Å². The van der Waals surface area contributed by atoms with Crippen molar-refractivity contribution in [1.82, 2.24) is 5.32 Å². The lowest BCUT2D eigenvalue weighted by Gasteiger charge is -2.25. The van der Waals surface area contributed by atoms with Crippen molar-refractivity contribution in [1.29, 1.82) is 0 Å². The van der Waals surface area contributed by atoms with Crippen molar-refractivity contribution in [3.8, 4) is 0 Å². The lowest BCUT2D eigenvalue weighted by molar-refractivity contribution is 0.607. The third kappa shape index (κ3) is 3.96. The molecular formula is C17H20ClFN2. The van der Waals surface area contributed by atoms with Crippen LogP contribution in [0.1, 0.15) is 24.1 Å². The average molecular weight is 307 g/mol. The van der Waals surface area contributed by atoms with E-state index >= 15 is 0 Å². The Balaban J connectivity index is 2.28. The first-order valence-corrected chi connectivity index (χ1v) is 7.31. The van der Waals surface area contributed by atoms with E-state index in [1.165, 1.54) is 6.07 Å². The maximum atomic E-state index is 13.5. The molecule has 0 aliphatic heterocycles. The van der Waals surface area contributed by atoms with Crippen molar-refractivity contribution in [2.24, 2.45) is 0 Å². The van der Waals surface area contributed by atoms with Crippen molar-refractivity contribution in [3.63, 3.8) is 0 Å². The van der Waals surface area contributed by atoms with Gasteiger partial charge in [0.25, 0.3) is 0 Å². The first-order valence-electron chi connectivity index (χ1n) is 6.93. The zero-order valence-corrected chi connectivity index (χ0v) is 13.3. The Hall–Kier alpha value is -1.58. The third-order valence-corrected chi connectivity index (χ3v) is 3.84. The highest BCUT2D eigenvalue weighted by Gasteiger charge is 2.13. The molecule has 112 valence electrons. The number of anilines is 1. The molecule has 2 nitrogen and oxygen atoms in total. The van der Waals surface area contributed by atoms with Crippen LogP contribution in [0.2, 0.25) is 5.02 Å². The predicted octanol–water partition coefficient (Wildman–Crippen LogP) is 4.40. The molecule has 0 radical (unpaired) electrons. The molecule has 0 aliphatic rings. The van der Waals surface area contributed by atoms with E-state index in [9.17, 15) is 4.39 Å². The molecule has 0 saturated heterocycles. The molecule has 2 aromatic rings. The first-order chi connectivity index (χ1) is 10.0. The Morgan fingerprint density at radius 2 is 2.00 bits per heavy atom. The van der Waals surface area contributed by atoms with E-state index in [0.29, 0.717) is 0 Å². The predicted molar refractivity (Wildman–Crippen MR) is 87.4 cm³/mol. The summed E-state index contributed by atoms with van der Waals surface area (Å²) in [6.07, 6.45) is 0. The number of hydrogen-bond acceptors (Lipinski definition) is 2. The zero-order chi connectivity index (χ0) is 15.4. The maximum Gasteiger partial charge on any atom is 0.123 e. The van der Waals surface area contributed by atoms with E-state index < -0.39 is 0 Å². The van der Waals surface area contributed by atoms with Gasteiger partial charge in [-0.2, -0.15) is 0 Å². The topological polar surface area (TPSA) is 15.3 Å². The van der Waals surface area contributed by atoms with E-state index in [1.807, 2.05) is 51.4 Å². The average Bonchev–Trinajstić information content (AvgIpc) is 2.46. The molecular weight excluding hydrogens is 287 g/mol. The molecule has 2 rings (SSSR count). The van der Waals surface area contributed by atoms with Gasteiger partial charge in [0.05, 0.1) is 0 Å². The molecule has 0 heterocycles. The molecule has 0 saturated carbocycles. The number of nitrogens with one attached hydrogen (secondary N) is 1. The molecule has 1 unspecified atom stereocenters. The smallest absolute Gasteiger partial charge is 0.123 e. The highest BCUT2D eigenvalue weighted by Crippen LogP contribution is 2.27. The molecule has 0 fully saturated rings. The normalized spacial score (nSPS) is 12.2. The second-order valence-electron chi connectivity index (χ2n) is 5.20. The first kappa shape index (κ1) is 15.8. The molecule has 0 aromatic heterocycles. The van der Waals surface area contributed by atoms with Gasteiger partial charge in [-0.1, -0.05) is 23.7 Å². The van der Waals surface area contributed by atoms with Gasteiger partial charge in [-0.3, -0.25) is 0 Å². The standard InChI is InChI=1S/C17H20ClFN2/c1-12(20-2)16-10-15(19)7-8-17(16)21(3)11-13-5-4-6-14(18)9-13/h4-10,12,20H,11H2,1-3H3. The lowest BCUT2D eigenvalue weighted by atomic mass is 10.0. The summed E-state index contributed by atoms with van der Waals surface area (Å²) in [7, 11) is 3.87. The summed E-state index contributed by atoms with van der Waals surface area (Å²) < 4.78 is 13.5. The Morgan fingerprint density at radius 3 is 2.67 bits per heavy atom. The summed E-state index contributed by atoms with van der Waals surface area (Å²) in [6.45, 7) is 2.74. The van der Waals surface area contributed by atoms with Crippen molar-refractivity contribution < 1.29 is 4.39 Å². The minimum Gasteiger partial charge on any atom is -0.370 e. The quantitative estimate of drug-likeness (QED) is 0.881. The molecule has 1 atom stereocenters. The van der Waals surface area contributed by atoms with Gasteiger partial charge in [-0.25, -0.2) is 4.39 Å². The van der Waals surface area contributed by atoms with Crippen molar-refractivity contribution in [3.05, 3.63) is 64.4 Å². The molecule has 4 heteroatoms. The monoisotopic (exact) mass is 306 g/mol. The molecule has 0 amide bonds. The van der Waals surface area contributed by atoms with Crippen molar-refractivity contribution >= 4 is 17.3 Å². The van der Waals surface area contributed by atoms with Gasteiger partial charge in [-0.15, -0.1) is 0 Å². The number of nitrogens with zero attached hydrogens (tertiary/aromatic N) is 1. The Bertz CT molecular complexity index is 615. The van der Waals surface area contributed by atoms with E-state index in [4.69, 9.17) is 11.6 Å². The second kappa shape index (κ2) is 6.92. The summed E-state index contributed by atoms with van der Waals surface area (Å²) in [5.41, 5.74) is 3.08. The van der Waals surface area contributed by atoms with Crippen LogP contribution >= 0.6 is 11.6 Å². The van der Waals surface area contributed by atoms with Crippen LogP contribution in [0.3, 0.4) is 0 Å². The van der Waals surface area contributed by atoms with Crippen LogP contribution in [0.4, 0.5) is 10.1 Å². The minimum absolute atomic E-state index is 0.0810.